The van der Waals surface area contributed by atoms with Gasteiger partial charge in [0.15, 0.2) is 0 Å². The Balaban J connectivity index is 1.93. The van der Waals surface area contributed by atoms with Crippen molar-refractivity contribution in [2.24, 2.45) is 0 Å². The van der Waals surface area contributed by atoms with Crippen LogP contribution >= 0.6 is 0 Å². The summed E-state index contributed by atoms with van der Waals surface area (Å²) < 4.78 is 27.8. The van der Waals surface area contributed by atoms with E-state index in [1.54, 1.807) is 79.3 Å². The van der Waals surface area contributed by atoms with Crippen molar-refractivity contribution in [2.45, 2.75) is 4.90 Å². The summed E-state index contributed by atoms with van der Waals surface area (Å²) in [6, 6.07) is 18.7. The van der Waals surface area contributed by atoms with Crippen molar-refractivity contribution >= 4 is 32.6 Å². The molecule has 7 heteroatoms. The van der Waals surface area contributed by atoms with Gasteiger partial charge in [-0.25, -0.2) is 22.7 Å². The average molecular weight is 350 g/mol. The largest absolute Gasteiger partial charge is 0.345 e. The molecule has 2 aromatic heterocycles. The number of pyridine rings is 1. The van der Waals surface area contributed by atoms with Crippen molar-refractivity contribution in [3.63, 3.8) is 0 Å². The second kappa shape index (κ2) is 6.03. The van der Waals surface area contributed by atoms with Crippen LogP contribution in [0.3, 0.4) is 0 Å². The molecule has 25 heavy (non-hydrogen) atoms. The van der Waals surface area contributed by atoms with E-state index in [1.165, 1.54) is 4.31 Å². The molecular formula is C18H14N4O2S. The van der Waals surface area contributed by atoms with E-state index in [1.807, 2.05) is 0 Å². The summed E-state index contributed by atoms with van der Waals surface area (Å²) in [5.74, 6) is 0.321. The number of benzene rings is 2. The van der Waals surface area contributed by atoms with Crippen LogP contribution in [0.25, 0.3) is 11.0 Å². The van der Waals surface area contributed by atoms with Gasteiger partial charge in [-0.3, -0.25) is 0 Å². The maximum Gasteiger partial charge on any atom is 0.269 e. The average Bonchev–Trinajstić information content (AvgIpc) is 3.11. The third kappa shape index (κ3) is 2.74. The predicted molar refractivity (Wildman–Crippen MR) is 96.1 cm³/mol. The standard InChI is InChI=1S/C18H14N4O2S/c23-25(24,15-6-2-1-3-7-15)22(18-8-4-5-11-19-18)14-9-10-16-17(12-14)21-13-20-16/h1-13H,(H,20,21). The Morgan fingerprint density at radius 1 is 0.880 bits per heavy atom. The van der Waals surface area contributed by atoms with Gasteiger partial charge >= 0.3 is 0 Å². The normalized spacial score (nSPS) is 11.5. The molecule has 0 aliphatic heterocycles. The second-order valence-corrected chi connectivity index (χ2v) is 7.16. The van der Waals surface area contributed by atoms with Crippen LogP contribution in [-0.2, 0) is 10.0 Å². The van der Waals surface area contributed by atoms with E-state index in [2.05, 4.69) is 15.0 Å². The van der Waals surface area contributed by atoms with Crippen LogP contribution in [0.2, 0.25) is 0 Å². The molecule has 0 spiro atoms. The van der Waals surface area contributed by atoms with Gasteiger partial charge in [0, 0.05) is 6.20 Å². The molecule has 4 aromatic rings. The summed E-state index contributed by atoms with van der Waals surface area (Å²) in [7, 11) is -3.83. The van der Waals surface area contributed by atoms with Crippen molar-refractivity contribution in [3.8, 4) is 0 Å². The molecule has 4 rings (SSSR count). The minimum atomic E-state index is -3.83. The van der Waals surface area contributed by atoms with Crippen LogP contribution in [0.5, 0.6) is 0 Å². The number of nitrogens with one attached hydrogen (secondary N) is 1. The van der Waals surface area contributed by atoms with Crippen molar-refractivity contribution in [3.05, 3.63) is 79.3 Å². The first kappa shape index (κ1) is 15.3. The molecule has 0 atom stereocenters. The minimum absolute atomic E-state index is 0.197. The number of aromatic nitrogens is 3. The summed E-state index contributed by atoms with van der Waals surface area (Å²) in [4.78, 5) is 11.6. The third-order valence-corrected chi connectivity index (χ3v) is 5.52. The van der Waals surface area contributed by atoms with Gasteiger partial charge < -0.3 is 4.98 Å². The van der Waals surface area contributed by atoms with Crippen molar-refractivity contribution in [1.82, 2.24) is 15.0 Å². The fraction of sp³-hybridized carbons (Fsp3) is 0. The molecule has 0 radical (unpaired) electrons. The SMILES string of the molecule is O=S(=O)(c1ccccc1)N(c1ccc2[nH]cnc2c1)c1ccccn1. The van der Waals surface area contributed by atoms with E-state index in [9.17, 15) is 8.42 Å². The number of aromatic amines is 1. The lowest BCUT2D eigenvalue weighted by atomic mass is 10.2. The van der Waals surface area contributed by atoms with E-state index >= 15 is 0 Å². The summed E-state index contributed by atoms with van der Waals surface area (Å²) in [6.45, 7) is 0. The Morgan fingerprint density at radius 2 is 1.68 bits per heavy atom. The molecule has 0 unspecified atom stereocenters. The molecule has 0 amide bonds. The lowest BCUT2D eigenvalue weighted by molar-refractivity contribution is 0.596. The summed E-state index contributed by atoms with van der Waals surface area (Å²) in [5.41, 5.74) is 1.99. The number of sulfonamides is 1. The highest BCUT2D eigenvalue weighted by molar-refractivity contribution is 7.93. The van der Waals surface area contributed by atoms with Gasteiger partial charge in [0.1, 0.15) is 5.82 Å². The van der Waals surface area contributed by atoms with Gasteiger partial charge in [0.2, 0.25) is 0 Å². The highest BCUT2D eigenvalue weighted by Crippen LogP contribution is 2.32. The van der Waals surface area contributed by atoms with E-state index in [-0.39, 0.29) is 4.90 Å². The Kier molecular flexibility index (Phi) is 3.70. The molecule has 2 heterocycles. The molecule has 2 aromatic carbocycles. The van der Waals surface area contributed by atoms with Crippen LogP contribution in [0.15, 0.2) is 84.1 Å². The molecule has 0 aliphatic rings. The van der Waals surface area contributed by atoms with Gasteiger partial charge in [-0.2, -0.15) is 0 Å². The Labute approximate surface area is 144 Å². The van der Waals surface area contributed by atoms with E-state index in [4.69, 9.17) is 0 Å². The quantitative estimate of drug-likeness (QED) is 0.611. The van der Waals surface area contributed by atoms with Crippen LogP contribution < -0.4 is 4.31 Å². The minimum Gasteiger partial charge on any atom is -0.345 e. The van der Waals surface area contributed by atoms with E-state index in [0.717, 1.165) is 5.52 Å². The number of H-pyrrole nitrogens is 1. The van der Waals surface area contributed by atoms with Crippen molar-refractivity contribution in [1.29, 1.82) is 0 Å². The first-order valence-corrected chi connectivity index (χ1v) is 9.05. The molecule has 0 bridgehead atoms. The highest BCUT2D eigenvalue weighted by Gasteiger charge is 2.27. The van der Waals surface area contributed by atoms with Crippen molar-refractivity contribution < 1.29 is 8.42 Å². The molecular weight excluding hydrogens is 336 g/mol. The maximum absolute atomic E-state index is 13.3. The molecule has 0 fully saturated rings. The first-order chi connectivity index (χ1) is 12.2. The van der Waals surface area contributed by atoms with E-state index < -0.39 is 10.0 Å². The Hall–Kier alpha value is -3.19. The topological polar surface area (TPSA) is 79.0 Å². The van der Waals surface area contributed by atoms with Crippen LogP contribution in [0.4, 0.5) is 11.5 Å². The zero-order valence-electron chi connectivity index (χ0n) is 13.1. The number of anilines is 2. The monoisotopic (exact) mass is 350 g/mol. The van der Waals surface area contributed by atoms with Crippen LogP contribution in [-0.4, -0.2) is 23.4 Å². The lowest BCUT2D eigenvalue weighted by Gasteiger charge is -2.23. The Bertz CT molecular complexity index is 1110. The second-order valence-electron chi connectivity index (χ2n) is 5.37. The van der Waals surface area contributed by atoms with Crippen molar-refractivity contribution in [2.75, 3.05) is 4.31 Å². The van der Waals surface area contributed by atoms with Crippen LogP contribution in [0.1, 0.15) is 0 Å². The number of hydrogen-bond acceptors (Lipinski definition) is 4. The van der Waals surface area contributed by atoms with Gasteiger partial charge in [-0.05, 0) is 42.5 Å². The molecule has 0 saturated carbocycles. The summed E-state index contributed by atoms with van der Waals surface area (Å²) in [5, 5.41) is 0. The van der Waals surface area contributed by atoms with Gasteiger partial charge in [-0.15, -0.1) is 0 Å². The molecule has 6 nitrogen and oxygen atoms in total. The molecule has 0 aliphatic carbocycles. The van der Waals surface area contributed by atoms with Gasteiger partial charge in [0.05, 0.1) is 27.9 Å². The molecule has 0 saturated heterocycles. The van der Waals surface area contributed by atoms with Crippen LogP contribution in [0, 0.1) is 0 Å². The third-order valence-electron chi connectivity index (χ3n) is 3.78. The number of nitrogens with zero attached hydrogens (tertiary/aromatic N) is 3. The number of rotatable bonds is 4. The fourth-order valence-corrected chi connectivity index (χ4v) is 4.07. The van der Waals surface area contributed by atoms with Gasteiger partial charge in [0.25, 0.3) is 10.0 Å². The molecule has 1 N–H and O–H groups in total. The Morgan fingerprint density at radius 3 is 2.44 bits per heavy atom. The van der Waals surface area contributed by atoms with E-state index in [0.29, 0.717) is 17.0 Å². The zero-order chi connectivity index (χ0) is 17.3. The summed E-state index contributed by atoms with van der Waals surface area (Å²) in [6.07, 6.45) is 3.14. The fourth-order valence-electron chi connectivity index (χ4n) is 2.61. The predicted octanol–water partition coefficient (Wildman–Crippen LogP) is 3.48. The highest BCUT2D eigenvalue weighted by atomic mass is 32.2. The molecule has 124 valence electrons. The first-order valence-electron chi connectivity index (χ1n) is 7.61. The maximum atomic E-state index is 13.3. The zero-order valence-corrected chi connectivity index (χ0v) is 13.9. The summed E-state index contributed by atoms with van der Waals surface area (Å²) >= 11 is 0. The smallest absolute Gasteiger partial charge is 0.269 e. The lowest BCUT2D eigenvalue weighted by Crippen LogP contribution is -2.27. The van der Waals surface area contributed by atoms with Gasteiger partial charge in [-0.1, -0.05) is 24.3 Å². The number of fused-ring (bicyclic) bond motifs is 1. The number of hydrogen-bond donors (Lipinski definition) is 1. The number of imidazole rings is 1.